The molecule has 3 rings (SSSR count). The van der Waals surface area contributed by atoms with Crippen molar-refractivity contribution in [3.63, 3.8) is 0 Å². The summed E-state index contributed by atoms with van der Waals surface area (Å²) in [6, 6.07) is 6.91. The molecule has 1 aromatic carbocycles. The minimum absolute atomic E-state index is 0.414. The normalized spacial score (nSPS) is 18.6. The van der Waals surface area contributed by atoms with Crippen molar-refractivity contribution < 1.29 is 9.30 Å². The molecule has 1 aromatic heterocycles. The lowest BCUT2D eigenvalue weighted by molar-refractivity contribution is -0.700. The molecule has 82 valence electrons. The molecular weight excluding hydrogens is 198 g/mol. The average molecular weight is 214 g/mol. The average Bonchev–Trinajstić information content (AvgIpc) is 2.27. The number of pyridine rings is 1. The zero-order valence-corrected chi connectivity index (χ0v) is 9.95. The van der Waals surface area contributed by atoms with Gasteiger partial charge in [-0.05, 0) is 31.0 Å². The highest BCUT2D eigenvalue weighted by molar-refractivity contribution is 5.86. The number of aromatic nitrogens is 1. The van der Waals surface area contributed by atoms with Crippen LogP contribution < -0.4 is 9.30 Å². The van der Waals surface area contributed by atoms with Crippen molar-refractivity contribution in [2.45, 2.75) is 26.8 Å². The van der Waals surface area contributed by atoms with E-state index in [0.717, 1.165) is 12.4 Å². The number of ether oxygens (including phenoxy) is 1. The molecule has 0 saturated carbocycles. The lowest BCUT2D eigenvalue weighted by Crippen LogP contribution is -2.44. The van der Waals surface area contributed by atoms with E-state index in [1.165, 1.54) is 22.0 Å². The zero-order chi connectivity index (χ0) is 11.3. The van der Waals surface area contributed by atoms with Crippen LogP contribution in [0.2, 0.25) is 0 Å². The van der Waals surface area contributed by atoms with Crippen LogP contribution in [-0.4, -0.2) is 6.61 Å². The second-order valence-electron chi connectivity index (χ2n) is 4.68. The summed E-state index contributed by atoms with van der Waals surface area (Å²) in [5, 5.41) is 1.30. The van der Waals surface area contributed by atoms with E-state index in [-0.39, 0.29) is 0 Å². The van der Waals surface area contributed by atoms with Crippen LogP contribution in [0.5, 0.6) is 5.75 Å². The van der Waals surface area contributed by atoms with Crippen molar-refractivity contribution in [3.8, 4) is 5.75 Å². The zero-order valence-electron chi connectivity index (χ0n) is 9.95. The highest BCUT2D eigenvalue weighted by Crippen LogP contribution is 2.32. The Balaban J connectivity index is 2.51. The number of nitrogens with zero attached hydrogens (tertiary/aromatic N) is 1. The minimum atomic E-state index is 0.414. The number of benzene rings is 1. The van der Waals surface area contributed by atoms with Crippen LogP contribution in [0.3, 0.4) is 0 Å². The van der Waals surface area contributed by atoms with Gasteiger partial charge in [-0.2, -0.15) is 4.57 Å². The maximum atomic E-state index is 5.87. The fourth-order valence-electron chi connectivity index (χ4n) is 2.57. The number of aryl methyl sites for hydroxylation is 2. The van der Waals surface area contributed by atoms with Crippen LogP contribution in [0.15, 0.2) is 24.4 Å². The van der Waals surface area contributed by atoms with Crippen molar-refractivity contribution in [1.29, 1.82) is 0 Å². The van der Waals surface area contributed by atoms with E-state index in [1.807, 2.05) is 0 Å². The maximum Gasteiger partial charge on any atom is 0.255 e. The van der Waals surface area contributed by atoms with Gasteiger partial charge in [0.1, 0.15) is 6.61 Å². The Labute approximate surface area is 95.5 Å². The van der Waals surface area contributed by atoms with Crippen molar-refractivity contribution in [2.24, 2.45) is 0 Å². The first-order chi connectivity index (χ1) is 7.68. The van der Waals surface area contributed by atoms with Gasteiger partial charge in [-0.1, -0.05) is 6.07 Å². The predicted molar refractivity (Wildman–Crippen MR) is 63.8 cm³/mol. The standard InChI is InChI=1S/C14H16NO/c1-9-7-10(2)14-13-12(9)5-4-6-15(13)11(3)8-16-14/h4-7,11H,8H2,1-3H3/q+1. The molecule has 2 aromatic rings. The van der Waals surface area contributed by atoms with Crippen molar-refractivity contribution >= 4 is 10.9 Å². The van der Waals surface area contributed by atoms with Crippen molar-refractivity contribution in [2.75, 3.05) is 6.61 Å². The maximum absolute atomic E-state index is 5.87. The molecule has 0 spiro atoms. The van der Waals surface area contributed by atoms with E-state index < -0.39 is 0 Å². The molecule has 2 heteroatoms. The molecule has 2 heterocycles. The van der Waals surface area contributed by atoms with Crippen LogP contribution in [0.25, 0.3) is 10.9 Å². The fraction of sp³-hybridized carbons (Fsp3) is 0.357. The highest BCUT2D eigenvalue weighted by atomic mass is 16.5. The SMILES string of the molecule is Cc1cc(C)c2ccc[n+]3c2c1OCC3C. The number of hydrogen-bond acceptors (Lipinski definition) is 1. The summed E-state index contributed by atoms with van der Waals surface area (Å²) in [6.45, 7) is 7.24. The third-order valence-electron chi connectivity index (χ3n) is 3.40. The molecule has 1 aliphatic heterocycles. The molecule has 16 heavy (non-hydrogen) atoms. The third kappa shape index (κ3) is 1.16. The fourth-order valence-corrected chi connectivity index (χ4v) is 2.57. The lowest BCUT2D eigenvalue weighted by Gasteiger charge is -2.20. The van der Waals surface area contributed by atoms with Crippen LogP contribution in [-0.2, 0) is 0 Å². The third-order valence-corrected chi connectivity index (χ3v) is 3.40. The molecule has 0 amide bonds. The Morgan fingerprint density at radius 1 is 1.31 bits per heavy atom. The first-order valence-electron chi connectivity index (χ1n) is 5.75. The molecule has 0 aliphatic carbocycles. The van der Waals surface area contributed by atoms with E-state index in [0.29, 0.717) is 6.04 Å². The summed E-state index contributed by atoms with van der Waals surface area (Å²) in [7, 11) is 0. The van der Waals surface area contributed by atoms with Crippen molar-refractivity contribution in [3.05, 3.63) is 35.5 Å². The summed E-state index contributed by atoms with van der Waals surface area (Å²) in [6.07, 6.45) is 2.15. The molecule has 0 bridgehead atoms. The smallest absolute Gasteiger partial charge is 0.255 e. The van der Waals surface area contributed by atoms with Crippen LogP contribution in [0.4, 0.5) is 0 Å². The summed E-state index contributed by atoms with van der Waals surface area (Å²) >= 11 is 0. The highest BCUT2D eigenvalue weighted by Gasteiger charge is 2.28. The summed E-state index contributed by atoms with van der Waals surface area (Å²) in [4.78, 5) is 0. The Kier molecular flexibility index (Phi) is 1.93. The van der Waals surface area contributed by atoms with Crippen LogP contribution >= 0.6 is 0 Å². The number of hydrogen-bond donors (Lipinski definition) is 0. The molecule has 2 nitrogen and oxygen atoms in total. The van der Waals surface area contributed by atoms with Crippen LogP contribution in [0, 0.1) is 13.8 Å². The molecule has 1 aliphatic rings. The van der Waals surface area contributed by atoms with Crippen LogP contribution in [0.1, 0.15) is 24.1 Å². The second kappa shape index (κ2) is 3.21. The molecular formula is C14H16NO+. The molecule has 1 atom stereocenters. The van der Waals surface area contributed by atoms with E-state index >= 15 is 0 Å². The molecule has 0 fully saturated rings. The first kappa shape index (κ1) is 9.64. The van der Waals surface area contributed by atoms with E-state index in [1.54, 1.807) is 0 Å². The van der Waals surface area contributed by atoms with Gasteiger partial charge in [-0.25, -0.2) is 0 Å². The quantitative estimate of drug-likeness (QED) is 0.614. The topological polar surface area (TPSA) is 13.1 Å². The molecule has 0 N–H and O–H groups in total. The van der Waals surface area contributed by atoms with Gasteiger partial charge in [-0.3, -0.25) is 0 Å². The monoisotopic (exact) mass is 214 g/mol. The van der Waals surface area contributed by atoms with E-state index in [9.17, 15) is 0 Å². The van der Waals surface area contributed by atoms with Gasteiger partial charge in [-0.15, -0.1) is 0 Å². The van der Waals surface area contributed by atoms with E-state index in [4.69, 9.17) is 4.74 Å². The van der Waals surface area contributed by atoms with Gasteiger partial charge in [0.15, 0.2) is 18.0 Å². The first-order valence-corrected chi connectivity index (χ1v) is 5.75. The minimum Gasteiger partial charge on any atom is -0.480 e. The Bertz CT molecular complexity index is 574. The van der Waals surface area contributed by atoms with Gasteiger partial charge in [0.25, 0.3) is 5.52 Å². The lowest BCUT2D eigenvalue weighted by atomic mass is 10.0. The van der Waals surface area contributed by atoms with Gasteiger partial charge >= 0.3 is 0 Å². The van der Waals surface area contributed by atoms with Gasteiger partial charge < -0.3 is 4.74 Å². The van der Waals surface area contributed by atoms with Gasteiger partial charge in [0, 0.05) is 13.0 Å². The summed E-state index contributed by atoms with van der Waals surface area (Å²) < 4.78 is 8.20. The molecule has 0 radical (unpaired) electrons. The molecule has 1 unspecified atom stereocenters. The van der Waals surface area contributed by atoms with Crippen molar-refractivity contribution in [1.82, 2.24) is 0 Å². The predicted octanol–water partition coefficient (Wildman–Crippen LogP) is 2.70. The number of rotatable bonds is 0. The largest absolute Gasteiger partial charge is 0.480 e. The Hall–Kier alpha value is -1.57. The Morgan fingerprint density at radius 2 is 2.12 bits per heavy atom. The summed E-state index contributed by atoms with van der Waals surface area (Å²) in [5.74, 6) is 1.05. The summed E-state index contributed by atoms with van der Waals surface area (Å²) in [5.41, 5.74) is 3.80. The van der Waals surface area contributed by atoms with Gasteiger partial charge in [0.2, 0.25) is 0 Å². The second-order valence-corrected chi connectivity index (χ2v) is 4.68. The van der Waals surface area contributed by atoms with E-state index in [2.05, 4.69) is 49.7 Å². The van der Waals surface area contributed by atoms with Gasteiger partial charge in [0.05, 0.1) is 5.39 Å². The molecule has 0 saturated heterocycles. The Morgan fingerprint density at radius 3 is 2.94 bits per heavy atom.